The van der Waals surface area contributed by atoms with E-state index >= 15 is 0 Å². The van der Waals surface area contributed by atoms with Gasteiger partial charge in [-0.15, -0.1) is 0 Å². The van der Waals surface area contributed by atoms with E-state index in [2.05, 4.69) is 15.9 Å². The molecule has 0 spiro atoms. The van der Waals surface area contributed by atoms with E-state index in [0.29, 0.717) is 21.7 Å². The highest BCUT2D eigenvalue weighted by Gasteiger charge is 2.15. The number of hydrogen-bond acceptors (Lipinski definition) is 2. The maximum atomic E-state index is 13.5. The third-order valence-corrected chi connectivity index (χ3v) is 3.37. The molecule has 2 nitrogen and oxygen atoms in total. The van der Waals surface area contributed by atoms with E-state index in [1.165, 1.54) is 18.4 Å². The number of rotatable bonds is 3. The van der Waals surface area contributed by atoms with Crippen LogP contribution in [0.1, 0.15) is 17.2 Å². The molecule has 90 valence electrons. The van der Waals surface area contributed by atoms with Crippen LogP contribution in [-0.2, 0) is 6.42 Å². The molecule has 1 unspecified atom stereocenters. The zero-order chi connectivity index (χ0) is 12.4. The van der Waals surface area contributed by atoms with Crippen molar-refractivity contribution in [3.05, 3.63) is 57.2 Å². The van der Waals surface area contributed by atoms with Crippen LogP contribution in [0.5, 0.6) is 0 Å². The second-order valence-corrected chi connectivity index (χ2v) is 4.85. The van der Waals surface area contributed by atoms with E-state index in [-0.39, 0.29) is 11.9 Å². The first-order valence-electron chi connectivity index (χ1n) is 5.00. The summed E-state index contributed by atoms with van der Waals surface area (Å²) in [6, 6.07) is 5.87. The maximum Gasteiger partial charge on any atom is 0.173 e. The molecule has 1 atom stereocenters. The van der Waals surface area contributed by atoms with E-state index in [0.717, 1.165) is 5.56 Å². The van der Waals surface area contributed by atoms with Gasteiger partial charge in [-0.2, -0.15) is 0 Å². The van der Waals surface area contributed by atoms with Crippen LogP contribution in [0, 0.1) is 5.82 Å². The molecule has 0 aliphatic heterocycles. The van der Waals surface area contributed by atoms with Gasteiger partial charge in [-0.25, -0.2) is 4.39 Å². The van der Waals surface area contributed by atoms with Gasteiger partial charge in [-0.3, -0.25) is 0 Å². The van der Waals surface area contributed by atoms with Gasteiger partial charge in [0, 0.05) is 16.6 Å². The summed E-state index contributed by atoms with van der Waals surface area (Å²) in [7, 11) is 0. The van der Waals surface area contributed by atoms with Crippen molar-refractivity contribution in [1.29, 1.82) is 0 Å². The lowest BCUT2D eigenvalue weighted by atomic mass is 10.0. The fourth-order valence-electron chi connectivity index (χ4n) is 1.62. The molecular formula is C12H10BrClFNO. The highest BCUT2D eigenvalue weighted by molar-refractivity contribution is 9.10. The molecule has 1 heterocycles. The largest absolute Gasteiger partial charge is 0.457 e. The molecule has 0 bridgehead atoms. The molecule has 0 fully saturated rings. The molecule has 17 heavy (non-hydrogen) atoms. The second kappa shape index (κ2) is 5.21. The number of halogens is 3. The molecule has 0 amide bonds. The standard InChI is InChI=1S/C12H10BrClFNO/c13-12-9(3-4-17-12)11(16)6-7-5-8(14)1-2-10(7)15/h1-5,11H,6,16H2. The van der Waals surface area contributed by atoms with Crippen molar-refractivity contribution in [2.75, 3.05) is 0 Å². The predicted octanol–water partition coefficient (Wildman–Crippen LogP) is 4.08. The Labute approximate surface area is 112 Å². The van der Waals surface area contributed by atoms with Gasteiger partial charge in [-0.1, -0.05) is 11.6 Å². The first-order chi connectivity index (χ1) is 8.08. The van der Waals surface area contributed by atoms with Gasteiger partial charge in [0.15, 0.2) is 4.67 Å². The van der Waals surface area contributed by atoms with Crippen LogP contribution in [-0.4, -0.2) is 0 Å². The van der Waals surface area contributed by atoms with Crippen LogP contribution in [0.15, 0.2) is 39.6 Å². The monoisotopic (exact) mass is 317 g/mol. The molecule has 0 saturated carbocycles. The topological polar surface area (TPSA) is 39.2 Å². The highest BCUT2D eigenvalue weighted by atomic mass is 79.9. The minimum absolute atomic E-state index is 0.301. The molecule has 2 aromatic rings. The fourth-order valence-corrected chi connectivity index (χ4v) is 2.35. The van der Waals surface area contributed by atoms with Crippen LogP contribution in [0.2, 0.25) is 5.02 Å². The first-order valence-corrected chi connectivity index (χ1v) is 6.17. The van der Waals surface area contributed by atoms with E-state index < -0.39 is 0 Å². The lowest BCUT2D eigenvalue weighted by Crippen LogP contribution is -2.13. The number of hydrogen-bond donors (Lipinski definition) is 1. The zero-order valence-corrected chi connectivity index (χ0v) is 11.1. The van der Waals surface area contributed by atoms with Gasteiger partial charge in [0.1, 0.15) is 5.82 Å². The average molecular weight is 319 g/mol. The highest BCUT2D eigenvalue weighted by Crippen LogP contribution is 2.27. The lowest BCUT2D eigenvalue weighted by molar-refractivity contribution is 0.529. The Morgan fingerprint density at radius 3 is 2.82 bits per heavy atom. The Balaban J connectivity index is 2.21. The summed E-state index contributed by atoms with van der Waals surface area (Å²) >= 11 is 9.07. The lowest BCUT2D eigenvalue weighted by Gasteiger charge is -2.11. The first kappa shape index (κ1) is 12.6. The van der Waals surface area contributed by atoms with E-state index in [1.54, 1.807) is 12.1 Å². The minimum atomic E-state index is -0.337. The summed E-state index contributed by atoms with van der Waals surface area (Å²) in [5, 5.41) is 0.500. The maximum absolute atomic E-state index is 13.5. The molecule has 5 heteroatoms. The van der Waals surface area contributed by atoms with Crippen molar-refractivity contribution in [1.82, 2.24) is 0 Å². The van der Waals surface area contributed by atoms with Crippen molar-refractivity contribution in [2.24, 2.45) is 5.73 Å². The van der Waals surface area contributed by atoms with Crippen LogP contribution < -0.4 is 5.73 Å². The fraction of sp³-hybridized carbons (Fsp3) is 0.167. The van der Waals surface area contributed by atoms with Crippen LogP contribution in [0.4, 0.5) is 4.39 Å². The van der Waals surface area contributed by atoms with Gasteiger partial charge in [0.25, 0.3) is 0 Å². The van der Waals surface area contributed by atoms with Crippen molar-refractivity contribution in [3.63, 3.8) is 0 Å². The normalized spacial score (nSPS) is 12.7. The van der Waals surface area contributed by atoms with Gasteiger partial charge in [0.05, 0.1) is 6.26 Å². The van der Waals surface area contributed by atoms with Gasteiger partial charge >= 0.3 is 0 Å². The summed E-state index contributed by atoms with van der Waals surface area (Å²) in [6.45, 7) is 0. The second-order valence-electron chi connectivity index (χ2n) is 3.70. The molecule has 2 N–H and O–H groups in total. The summed E-state index contributed by atoms with van der Waals surface area (Å²) in [6.07, 6.45) is 1.90. The molecule has 1 aromatic heterocycles. The molecule has 0 saturated heterocycles. The third-order valence-electron chi connectivity index (χ3n) is 2.49. The Kier molecular flexibility index (Phi) is 3.86. The summed E-state index contributed by atoms with van der Waals surface area (Å²) in [5.74, 6) is -0.301. The smallest absolute Gasteiger partial charge is 0.173 e. The SMILES string of the molecule is NC(Cc1cc(Cl)ccc1F)c1ccoc1Br. The Morgan fingerprint density at radius 1 is 1.41 bits per heavy atom. The predicted molar refractivity (Wildman–Crippen MR) is 68.5 cm³/mol. The van der Waals surface area contributed by atoms with E-state index in [9.17, 15) is 4.39 Å². The van der Waals surface area contributed by atoms with Crippen LogP contribution >= 0.6 is 27.5 Å². The molecule has 0 radical (unpaired) electrons. The van der Waals surface area contributed by atoms with Gasteiger partial charge in [0.2, 0.25) is 0 Å². The Morgan fingerprint density at radius 2 is 2.18 bits per heavy atom. The Hall–Kier alpha value is -0.840. The van der Waals surface area contributed by atoms with E-state index in [1.807, 2.05) is 0 Å². The number of furan rings is 1. The van der Waals surface area contributed by atoms with Crippen molar-refractivity contribution in [3.8, 4) is 0 Å². The van der Waals surface area contributed by atoms with Crippen LogP contribution in [0.3, 0.4) is 0 Å². The van der Waals surface area contributed by atoms with Crippen LogP contribution in [0.25, 0.3) is 0 Å². The molecule has 0 aliphatic carbocycles. The third kappa shape index (κ3) is 2.89. The molecular weight excluding hydrogens is 308 g/mol. The summed E-state index contributed by atoms with van der Waals surface area (Å²) in [5.41, 5.74) is 7.30. The van der Waals surface area contributed by atoms with Crippen molar-refractivity contribution < 1.29 is 8.81 Å². The average Bonchev–Trinajstić information content (AvgIpc) is 2.70. The van der Waals surface area contributed by atoms with Gasteiger partial charge < -0.3 is 10.2 Å². The summed E-state index contributed by atoms with van der Waals surface area (Å²) in [4.78, 5) is 0. The van der Waals surface area contributed by atoms with E-state index in [4.69, 9.17) is 21.8 Å². The van der Waals surface area contributed by atoms with Crippen molar-refractivity contribution >= 4 is 27.5 Å². The molecule has 0 aliphatic rings. The Bertz CT molecular complexity index is 529. The zero-order valence-electron chi connectivity index (χ0n) is 8.79. The number of benzene rings is 1. The number of nitrogens with two attached hydrogens (primary N) is 1. The molecule has 1 aromatic carbocycles. The quantitative estimate of drug-likeness (QED) is 0.926. The molecule has 2 rings (SSSR count). The van der Waals surface area contributed by atoms with Crippen molar-refractivity contribution in [2.45, 2.75) is 12.5 Å². The summed E-state index contributed by atoms with van der Waals surface area (Å²) < 4.78 is 19.2. The minimum Gasteiger partial charge on any atom is -0.457 e. The van der Waals surface area contributed by atoms with Gasteiger partial charge in [-0.05, 0) is 52.2 Å².